The fraction of sp³-hybridized carbons (Fsp3) is 0.529. The molecule has 0 bridgehead atoms. The Kier molecular flexibility index (Phi) is 6.87. The van der Waals surface area contributed by atoms with Crippen molar-refractivity contribution >= 4 is 11.9 Å². The predicted molar refractivity (Wildman–Crippen MR) is 86.7 cm³/mol. The van der Waals surface area contributed by atoms with Gasteiger partial charge >= 0.3 is 5.97 Å². The molecule has 0 spiro atoms. The molecule has 0 aliphatic heterocycles. The molecule has 0 radical (unpaired) electrons. The summed E-state index contributed by atoms with van der Waals surface area (Å²) >= 11 is 0. The second-order valence-corrected chi connectivity index (χ2v) is 5.59. The lowest BCUT2D eigenvalue weighted by Crippen LogP contribution is -2.28. The topological polar surface area (TPSA) is 94.1 Å². The van der Waals surface area contributed by atoms with Gasteiger partial charge in [0.15, 0.2) is 11.5 Å². The van der Waals surface area contributed by atoms with Crippen LogP contribution in [0.1, 0.15) is 36.0 Å². The van der Waals surface area contributed by atoms with E-state index in [0.29, 0.717) is 17.1 Å². The molecule has 0 aromatic heterocycles. The third kappa shape index (κ3) is 5.42. The van der Waals surface area contributed by atoms with Crippen LogP contribution in [0.2, 0.25) is 0 Å². The van der Waals surface area contributed by atoms with E-state index in [1.165, 1.54) is 0 Å². The van der Waals surface area contributed by atoms with Crippen LogP contribution in [-0.2, 0) is 9.53 Å². The molecule has 0 atom stereocenters. The maximum Gasteiger partial charge on any atom is 0.329 e. The number of amides is 1. The van der Waals surface area contributed by atoms with E-state index < -0.39 is 5.97 Å². The summed E-state index contributed by atoms with van der Waals surface area (Å²) in [5, 5.41) is 11.1. The highest BCUT2D eigenvalue weighted by molar-refractivity contribution is 5.94. The number of rotatable bonds is 9. The zero-order valence-corrected chi connectivity index (χ0v) is 13.7. The molecule has 1 amide bonds. The summed E-state index contributed by atoms with van der Waals surface area (Å²) in [5.74, 6) is -0.138. The zero-order chi connectivity index (χ0) is 17.4. The van der Waals surface area contributed by atoms with Gasteiger partial charge in [-0.2, -0.15) is 0 Å². The molecule has 1 fully saturated rings. The van der Waals surface area contributed by atoms with E-state index in [1.807, 2.05) is 0 Å². The Labute approximate surface area is 140 Å². The van der Waals surface area contributed by atoms with Crippen LogP contribution in [-0.4, -0.2) is 50.0 Å². The highest BCUT2D eigenvalue weighted by Crippen LogP contribution is 2.32. The van der Waals surface area contributed by atoms with Crippen molar-refractivity contribution in [1.82, 2.24) is 5.32 Å². The maximum absolute atomic E-state index is 12.2. The zero-order valence-electron chi connectivity index (χ0n) is 13.7. The summed E-state index contributed by atoms with van der Waals surface area (Å²) in [5.41, 5.74) is 0.460. The van der Waals surface area contributed by atoms with E-state index in [9.17, 15) is 9.59 Å². The molecule has 1 aromatic carbocycles. The number of ether oxygens (including phenoxy) is 3. The summed E-state index contributed by atoms with van der Waals surface area (Å²) in [6.45, 7) is -0.00559. The maximum atomic E-state index is 12.2. The van der Waals surface area contributed by atoms with Crippen LogP contribution in [0.5, 0.6) is 11.5 Å². The molecule has 2 rings (SSSR count). The number of carboxylic acids is 1. The minimum atomic E-state index is -1.04. The molecule has 1 aliphatic carbocycles. The monoisotopic (exact) mass is 337 g/mol. The lowest BCUT2D eigenvalue weighted by molar-refractivity contribution is -0.142. The Morgan fingerprint density at radius 3 is 2.67 bits per heavy atom. The van der Waals surface area contributed by atoms with Gasteiger partial charge in [0.25, 0.3) is 5.91 Å². The number of nitrogens with one attached hydrogen (secondary N) is 1. The lowest BCUT2D eigenvalue weighted by atomic mass is 10.2. The standard InChI is InChI=1S/C17H23NO6/c1-22-14-7-6-12(10-15(14)24-13-4-2-3-5-13)17(21)18-8-9-23-11-16(19)20/h6-7,10,13H,2-5,8-9,11H2,1H3,(H,18,21)(H,19,20). The van der Waals surface area contributed by atoms with E-state index in [1.54, 1.807) is 25.3 Å². The van der Waals surface area contributed by atoms with Gasteiger partial charge in [0.1, 0.15) is 6.61 Å². The Morgan fingerprint density at radius 2 is 2.00 bits per heavy atom. The van der Waals surface area contributed by atoms with Crippen LogP contribution in [0.25, 0.3) is 0 Å². The number of methoxy groups -OCH3 is 1. The molecular formula is C17H23NO6. The Bertz CT molecular complexity index is 568. The van der Waals surface area contributed by atoms with Crippen molar-refractivity contribution in [3.8, 4) is 11.5 Å². The summed E-state index contributed by atoms with van der Waals surface area (Å²) < 4.78 is 16.1. The van der Waals surface area contributed by atoms with E-state index in [0.717, 1.165) is 25.7 Å². The SMILES string of the molecule is COc1ccc(C(=O)NCCOCC(=O)O)cc1OC1CCCC1. The molecule has 1 aromatic rings. The highest BCUT2D eigenvalue weighted by atomic mass is 16.5. The van der Waals surface area contributed by atoms with Crippen molar-refractivity contribution in [2.75, 3.05) is 26.9 Å². The Hall–Kier alpha value is -2.28. The molecule has 0 unspecified atom stereocenters. The number of carbonyl (C=O) groups is 2. The number of carboxylic acid groups (broad SMARTS) is 1. The number of benzene rings is 1. The molecule has 0 saturated heterocycles. The Balaban J connectivity index is 1.91. The van der Waals surface area contributed by atoms with Crippen LogP contribution in [0.3, 0.4) is 0 Å². The van der Waals surface area contributed by atoms with E-state index >= 15 is 0 Å². The molecule has 1 aliphatic rings. The van der Waals surface area contributed by atoms with Crippen LogP contribution in [0.4, 0.5) is 0 Å². The molecule has 7 nitrogen and oxygen atoms in total. The van der Waals surface area contributed by atoms with E-state index in [4.69, 9.17) is 19.3 Å². The normalized spacial score (nSPS) is 14.4. The summed E-state index contributed by atoms with van der Waals surface area (Å²) in [7, 11) is 1.57. The second kappa shape index (κ2) is 9.12. The third-order valence-electron chi connectivity index (χ3n) is 3.78. The van der Waals surface area contributed by atoms with Crippen molar-refractivity contribution in [1.29, 1.82) is 0 Å². The molecule has 2 N–H and O–H groups in total. The molecule has 132 valence electrons. The van der Waals surface area contributed by atoms with Crippen molar-refractivity contribution in [3.05, 3.63) is 23.8 Å². The van der Waals surface area contributed by atoms with Gasteiger partial charge in [-0.25, -0.2) is 4.79 Å². The minimum absolute atomic E-state index is 0.139. The fourth-order valence-corrected chi connectivity index (χ4v) is 2.59. The molecule has 7 heteroatoms. The largest absolute Gasteiger partial charge is 0.493 e. The number of hydrogen-bond acceptors (Lipinski definition) is 5. The first-order valence-electron chi connectivity index (χ1n) is 8.02. The van der Waals surface area contributed by atoms with Gasteiger partial charge in [-0.15, -0.1) is 0 Å². The first kappa shape index (κ1) is 18.1. The van der Waals surface area contributed by atoms with Crippen molar-refractivity contribution in [3.63, 3.8) is 0 Å². The summed E-state index contributed by atoms with van der Waals surface area (Å²) in [6.07, 6.45) is 4.51. The third-order valence-corrected chi connectivity index (χ3v) is 3.78. The number of aliphatic carboxylic acids is 1. The molecule has 1 saturated carbocycles. The minimum Gasteiger partial charge on any atom is -0.493 e. The van der Waals surface area contributed by atoms with Crippen LogP contribution in [0.15, 0.2) is 18.2 Å². The lowest BCUT2D eigenvalue weighted by Gasteiger charge is -2.16. The van der Waals surface area contributed by atoms with Crippen LogP contribution in [0, 0.1) is 0 Å². The van der Waals surface area contributed by atoms with Crippen molar-refractivity contribution in [2.45, 2.75) is 31.8 Å². The van der Waals surface area contributed by atoms with Gasteiger partial charge in [0.05, 0.1) is 19.8 Å². The van der Waals surface area contributed by atoms with Crippen molar-refractivity contribution < 1.29 is 28.9 Å². The van der Waals surface area contributed by atoms with Gasteiger partial charge < -0.3 is 24.6 Å². The number of carbonyl (C=O) groups excluding carboxylic acids is 1. The van der Waals surface area contributed by atoms with Crippen molar-refractivity contribution in [2.24, 2.45) is 0 Å². The van der Waals surface area contributed by atoms with Gasteiger partial charge in [-0.1, -0.05) is 0 Å². The average Bonchev–Trinajstić information content (AvgIpc) is 3.07. The fourth-order valence-electron chi connectivity index (χ4n) is 2.59. The number of hydrogen-bond donors (Lipinski definition) is 2. The molecule has 0 heterocycles. The quantitative estimate of drug-likeness (QED) is 0.668. The molecular weight excluding hydrogens is 314 g/mol. The average molecular weight is 337 g/mol. The van der Waals surface area contributed by atoms with Gasteiger partial charge in [-0.05, 0) is 43.9 Å². The van der Waals surface area contributed by atoms with E-state index in [2.05, 4.69) is 5.32 Å². The predicted octanol–water partition coefficient (Wildman–Crippen LogP) is 1.85. The summed E-state index contributed by atoms with van der Waals surface area (Å²) in [6, 6.07) is 5.04. The van der Waals surface area contributed by atoms with E-state index in [-0.39, 0.29) is 31.8 Å². The van der Waals surface area contributed by atoms with Gasteiger partial charge in [0.2, 0.25) is 0 Å². The second-order valence-electron chi connectivity index (χ2n) is 5.59. The highest BCUT2D eigenvalue weighted by Gasteiger charge is 2.19. The first-order valence-corrected chi connectivity index (χ1v) is 8.02. The smallest absolute Gasteiger partial charge is 0.329 e. The first-order chi connectivity index (χ1) is 11.6. The van der Waals surface area contributed by atoms with Crippen LogP contribution >= 0.6 is 0 Å². The van der Waals surface area contributed by atoms with Gasteiger partial charge in [0, 0.05) is 12.1 Å². The summed E-state index contributed by atoms with van der Waals surface area (Å²) in [4.78, 5) is 22.5. The molecule has 24 heavy (non-hydrogen) atoms. The van der Waals surface area contributed by atoms with Gasteiger partial charge in [-0.3, -0.25) is 4.79 Å². The Morgan fingerprint density at radius 1 is 1.25 bits per heavy atom. The van der Waals surface area contributed by atoms with Crippen LogP contribution < -0.4 is 14.8 Å².